The Kier molecular flexibility index (Phi) is 8.31. The Balaban J connectivity index is 1.61. The standard InChI is InChI=1S/C30H29NO4S/c1-35-29(32)22-28(30(25-13-4-2-5-14-25)26-15-6-3-7-16-26)31-36(33,34)21-11-19-24-18-10-17-23-12-8-9-20-27(23)24/h2-20,28,30-31H,21-22H2,1H3. The molecule has 5 nitrogen and oxygen atoms in total. The van der Waals surface area contributed by atoms with E-state index in [-0.39, 0.29) is 18.1 Å². The van der Waals surface area contributed by atoms with Crippen LogP contribution < -0.4 is 4.72 Å². The zero-order chi connectivity index (χ0) is 25.4. The van der Waals surface area contributed by atoms with Crippen LogP contribution in [0.15, 0.2) is 109 Å². The topological polar surface area (TPSA) is 72.5 Å². The predicted molar refractivity (Wildman–Crippen MR) is 145 cm³/mol. The van der Waals surface area contributed by atoms with E-state index in [1.807, 2.05) is 109 Å². The van der Waals surface area contributed by atoms with Crippen molar-refractivity contribution in [1.82, 2.24) is 4.72 Å². The highest BCUT2D eigenvalue weighted by molar-refractivity contribution is 7.89. The summed E-state index contributed by atoms with van der Waals surface area (Å²) in [6.07, 6.45) is 3.36. The minimum absolute atomic E-state index is 0.1000. The number of rotatable bonds is 10. The fraction of sp³-hybridized carbons (Fsp3) is 0.167. The first kappa shape index (κ1) is 25.4. The van der Waals surface area contributed by atoms with Crippen LogP contribution in [0.5, 0.6) is 0 Å². The molecule has 0 radical (unpaired) electrons. The average Bonchev–Trinajstić information content (AvgIpc) is 2.90. The molecule has 0 spiro atoms. The van der Waals surface area contributed by atoms with Crippen LogP contribution in [0, 0.1) is 0 Å². The van der Waals surface area contributed by atoms with E-state index in [1.54, 1.807) is 6.08 Å². The van der Waals surface area contributed by atoms with E-state index in [2.05, 4.69) is 4.72 Å². The lowest BCUT2D eigenvalue weighted by Gasteiger charge is -2.28. The first-order valence-electron chi connectivity index (χ1n) is 11.8. The Morgan fingerprint density at radius 2 is 1.42 bits per heavy atom. The van der Waals surface area contributed by atoms with Gasteiger partial charge in [0.2, 0.25) is 10.0 Å². The molecule has 0 aromatic heterocycles. The van der Waals surface area contributed by atoms with Crippen LogP contribution in [0.3, 0.4) is 0 Å². The van der Waals surface area contributed by atoms with Crippen molar-refractivity contribution < 1.29 is 17.9 Å². The maximum absolute atomic E-state index is 13.2. The van der Waals surface area contributed by atoms with Gasteiger partial charge in [0.1, 0.15) is 0 Å². The van der Waals surface area contributed by atoms with Crippen molar-refractivity contribution in [2.24, 2.45) is 0 Å². The lowest BCUT2D eigenvalue weighted by Crippen LogP contribution is -2.42. The monoisotopic (exact) mass is 499 g/mol. The summed E-state index contributed by atoms with van der Waals surface area (Å²) in [4.78, 5) is 12.3. The van der Waals surface area contributed by atoms with E-state index in [1.165, 1.54) is 7.11 Å². The van der Waals surface area contributed by atoms with Gasteiger partial charge in [0, 0.05) is 12.0 Å². The predicted octanol–water partition coefficient (Wildman–Crippen LogP) is 5.54. The van der Waals surface area contributed by atoms with Gasteiger partial charge in [-0.15, -0.1) is 0 Å². The number of hydrogen-bond donors (Lipinski definition) is 1. The van der Waals surface area contributed by atoms with Crippen molar-refractivity contribution in [2.45, 2.75) is 18.4 Å². The molecule has 0 aliphatic carbocycles. The molecular formula is C30H29NO4S. The fourth-order valence-electron chi connectivity index (χ4n) is 4.44. The number of ether oxygens (including phenoxy) is 1. The summed E-state index contributed by atoms with van der Waals surface area (Å²) in [6.45, 7) is 0. The first-order valence-corrected chi connectivity index (χ1v) is 13.4. The molecule has 0 bridgehead atoms. The number of carbonyl (C=O) groups excluding carboxylic acids is 1. The minimum Gasteiger partial charge on any atom is -0.469 e. The summed E-state index contributed by atoms with van der Waals surface area (Å²) >= 11 is 0. The van der Waals surface area contributed by atoms with Crippen molar-refractivity contribution in [3.8, 4) is 0 Å². The molecule has 4 aromatic rings. The smallest absolute Gasteiger partial charge is 0.307 e. The second-order valence-electron chi connectivity index (χ2n) is 8.56. The lowest BCUT2D eigenvalue weighted by molar-refractivity contribution is -0.141. The quantitative estimate of drug-likeness (QED) is 0.291. The number of carbonyl (C=O) groups is 1. The largest absolute Gasteiger partial charge is 0.469 e. The Morgan fingerprint density at radius 1 is 0.833 bits per heavy atom. The lowest BCUT2D eigenvalue weighted by atomic mass is 9.84. The molecule has 1 atom stereocenters. The third kappa shape index (κ3) is 6.47. The van der Waals surface area contributed by atoms with Crippen LogP contribution in [0.1, 0.15) is 29.0 Å². The van der Waals surface area contributed by atoms with Crippen molar-refractivity contribution in [3.05, 3.63) is 126 Å². The molecule has 6 heteroatoms. The van der Waals surface area contributed by atoms with Gasteiger partial charge in [-0.3, -0.25) is 4.79 Å². The zero-order valence-corrected chi connectivity index (χ0v) is 20.9. The Hall–Kier alpha value is -3.74. The van der Waals surface area contributed by atoms with Crippen LogP contribution in [-0.4, -0.2) is 33.3 Å². The van der Waals surface area contributed by atoms with Crippen LogP contribution in [0.25, 0.3) is 16.8 Å². The van der Waals surface area contributed by atoms with Gasteiger partial charge in [-0.1, -0.05) is 115 Å². The Labute approximate surface area is 212 Å². The van der Waals surface area contributed by atoms with Crippen molar-refractivity contribution in [3.63, 3.8) is 0 Å². The number of esters is 1. The van der Waals surface area contributed by atoms with Crippen LogP contribution >= 0.6 is 0 Å². The van der Waals surface area contributed by atoms with Crippen LogP contribution in [0.4, 0.5) is 0 Å². The molecule has 0 fully saturated rings. The van der Waals surface area contributed by atoms with E-state index >= 15 is 0 Å². The van der Waals surface area contributed by atoms with Gasteiger partial charge >= 0.3 is 5.97 Å². The average molecular weight is 500 g/mol. The second kappa shape index (κ2) is 11.8. The molecule has 4 aromatic carbocycles. The molecule has 36 heavy (non-hydrogen) atoms. The molecule has 4 rings (SSSR count). The number of nitrogens with one attached hydrogen (secondary N) is 1. The van der Waals surface area contributed by atoms with Gasteiger partial charge in [0.15, 0.2) is 0 Å². The van der Waals surface area contributed by atoms with Crippen molar-refractivity contribution in [2.75, 3.05) is 12.9 Å². The highest BCUT2D eigenvalue weighted by Crippen LogP contribution is 2.30. The maximum Gasteiger partial charge on any atom is 0.307 e. The molecule has 184 valence electrons. The molecule has 0 amide bonds. The number of fused-ring (bicyclic) bond motifs is 1. The fourth-order valence-corrected chi connectivity index (χ4v) is 5.57. The molecular weight excluding hydrogens is 470 g/mol. The summed E-state index contributed by atoms with van der Waals surface area (Å²) in [6, 6.07) is 32.4. The molecule has 0 aliphatic heterocycles. The SMILES string of the molecule is COC(=O)CC(NS(=O)(=O)CC=Cc1cccc2ccccc12)C(c1ccccc1)c1ccccc1. The van der Waals surface area contributed by atoms with Gasteiger partial charge in [-0.05, 0) is 27.5 Å². The zero-order valence-electron chi connectivity index (χ0n) is 20.1. The summed E-state index contributed by atoms with van der Waals surface area (Å²) in [5.74, 6) is -1.07. The van der Waals surface area contributed by atoms with E-state index in [0.717, 1.165) is 27.5 Å². The molecule has 1 unspecified atom stereocenters. The molecule has 1 N–H and O–H groups in total. The third-order valence-corrected chi connectivity index (χ3v) is 7.39. The molecule has 0 heterocycles. The highest BCUT2D eigenvalue weighted by Gasteiger charge is 2.30. The third-order valence-electron chi connectivity index (χ3n) is 6.10. The summed E-state index contributed by atoms with van der Waals surface area (Å²) < 4.78 is 34.1. The Bertz CT molecular complexity index is 1390. The van der Waals surface area contributed by atoms with Crippen molar-refractivity contribution >= 4 is 32.8 Å². The summed E-state index contributed by atoms with van der Waals surface area (Å²) in [7, 11) is -2.46. The number of sulfonamides is 1. The first-order chi connectivity index (χ1) is 17.5. The van der Waals surface area contributed by atoms with Gasteiger partial charge in [0.05, 0.1) is 19.3 Å². The maximum atomic E-state index is 13.2. The van der Waals surface area contributed by atoms with E-state index in [4.69, 9.17) is 4.74 Å². The van der Waals surface area contributed by atoms with E-state index in [9.17, 15) is 13.2 Å². The normalized spacial score (nSPS) is 12.7. The minimum atomic E-state index is -3.76. The van der Waals surface area contributed by atoms with E-state index in [0.29, 0.717) is 0 Å². The molecule has 0 aliphatic rings. The number of benzene rings is 4. The summed E-state index contributed by atoms with van der Waals surface area (Å²) in [5, 5.41) is 2.14. The highest BCUT2D eigenvalue weighted by atomic mass is 32.2. The second-order valence-corrected chi connectivity index (χ2v) is 10.4. The van der Waals surface area contributed by atoms with Gasteiger partial charge in [-0.25, -0.2) is 13.1 Å². The van der Waals surface area contributed by atoms with Gasteiger partial charge in [-0.2, -0.15) is 0 Å². The van der Waals surface area contributed by atoms with E-state index < -0.39 is 22.0 Å². The number of methoxy groups -OCH3 is 1. The van der Waals surface area contributed by atoms with Crippen LogP contribution in [0.2, 0.25) is 0 Å². The van der Waals surface area contributed by atoms with Gasteiger partial charge < -0.3 is 4.74 Å². The van der Waals surface area contributed by atoms with Gasteiger partial charge in [0.25, 0.3) is 0 Å². The number of hydrogen-bond acceptors (Lipinski definition) is 4. The molecule has 0 saturated carbocycles. The summed E-state index contributed by atoms with van der Waals surface area (Å²) in [5.41, 5.74) is 2.76. The van der Waals surface area contributed by atoms with Crippen molar-refractivity contribution in [1.29, 1.82) is 0 Å². The Morgan fingerprint density at radius 3 is 2.06 bits per heavy atom. The van der Waals surface area contributed by atoms with Crippen LogP contribution in [-0.2, 0) is 19.6 Å². The molecule has 0 saturated heterocycles.